The van der Waals surface area contributed by atoms with Crippen LogP contribution in [0.3, 0.4) is 0 Å². The predicted molar refractivity (Wildman–Crippen MR) is 43.2 cm³/mol. The Kier molecular flexibility index (Phi) is 4.68. The van der Waals surface area contributed by atoms with Gasteiger partial charge in [-0.3, -0.25) is 0 Å². The minimum atomic E-state index is -4.04. The van der Waals surface area contributed by atoms with Crippen molar-refractivity contribution in [1.29, 1.82) is 0 Å². The summed E-state index contributed by atoms with van der Waals surface area (Å²) in [5.74, 6) is 0. The molecule has 0 bridgehead atoms. The summed E-state index contributed by atoms with van der Waals surface area (Å²) >= 11 is 0. The minimum absolute atomic E-state index is 0.500. The lowest BCUT2D eigenvalue weighted by Gasteiger charge is -2.08. The van der Waals surface area contributed by atoms with Crippen LogP contribution in [-0.4, -0.2) is 13.7 Å². The van der Waals surface area contributed by atoms with Crippen molar-refractivity contribution >= 4 is 10.1 Å². The smallest absolute Gasteiger partial charge is 0.197 e. The second kappa shape index (κ2) is 4.72. The van der Waals surface area contributed by atoms with Gasteiger partial charge in [0.25, 0.3) is 10.1 Å². The highest BCUT2D eigenvalue weighted by Gasteiger charge is 2.21. The van der Waals surface area contributed by atoms with E-state index in [0.717, 1.165) is 12.8 Å². The maximum atomic E-state index is 10.6. The molecule has 0 saturated carbocycles. The fourth-order valence-corrected chi connectivity index (χ4v) is 2.13. The molecule has 0 fully saturated rings. The Morgan fingerprint density at radius 2 is 1.45 bits per heavy atom. The number of rotatable bonds is 5. The monoisotopic (exact) mass is 179 g/mol. The van der Waals surface area contributed by atoms with Crippen LogP contribution in [0.4, 0.5) is 0 Å². The van der Waals surface area contributed by atoms with Gasteiger partial charge in [0.15, 0.2) is 0 Å². The zero-order valence-electron chi connectivity index (χ0n) is 7.04. The van der Waals surface area contributed by atoms with Crippen molar-refractivity contribution in [2.24, 2.45) is 0 Å². The van der Waals surface area contributed by atoms with Gasteiger partial charge in [-0.15, -0.1) is 0 Å². The van der Waals surface area contributed by atoms with Crippen LogP contribution < -0.4 is 0 Å². The second-order valence-electron chi connectivity index (χ2n) is 2.69. The van der Waals surface area contributed by atoms with Crippen LogP contribution in [0, 0.1) is 0 Å². The Morgan fingerprint density at radius 3 is 1.64 bits per heavy atom. The lowest BCUT2D eigenvalue weighted by Crippen LogP contribution is -2.18. The van der Waals surface area contributed by atoms with Gasteiger partial charge in [0, 0.05) is 0 Å². The maximum Gasteiger partial charge on any atom is 0.297 e. The molecule has 0 aromatic heterocycles. The van der Waals surface area contributed by atoms with Crippen molar-refractivity contribution in [3.8, 4) is 0 Å². The normalized spacial score (nSPS) is 12.4. The zero-order chi connectivity index (χ0) is 8.91. The van der Waals surface area contributed by atoms with Gasteiger partial charge in [-0.1, -0.05) is 31.2 Å². The van der Waals surface area contributed by atoms with Crippen LogP contribution in [0.2, 0.25) is 0 Å². The van der Waals surface area contributed by atoms with Crippen LogP contribution in [0.25, 0.3) is 0 Å². The third-order valence-electron chi connectivity index (χ3n) is 1.63. The molecule has 0 aliphatic carbocycles. The Morgan fingerprint density at radius 1 is 1.09 bits per heavy atom. The van der Waals surface area contributed by atoms with Crippen molar-refractivity contribution in [1.82, 2.24) is 0 Å². The van der Waals surface area contributed by atoms with Crippen molar-refractivity contribution in [3.05, 3.63) is 0 Å². The highest BCUT2D eigenvalue weighted by molar-refractivity contribution is 7.86. The predicted octanol–water partition coefficient (Wildman–Crippen LogP) is 1.72. The molecule has 0 aliphatic rings. The van der Waals surface area contributed by atoms with Gasteiger partial charge in [0.1, 0.15) is 0 Å². The molecule has 0 rings (SSSR count). The van der Waals surface area contributed by atoms with Gasteiger partial charge in [-0.2, -0.15) is 8.42 Å². The number of hydrogen-bond donors (Lipinski definition) is 0. The SMILES string of the molecule is CCCC(CCC)S([O])(=O)=O. The third-order valence-corrected chi connectivity index (χ3v) is 2.92. The first kappa shape index (κ1) is 10.9. The van der Waals surface area contributed by atoms with Gasteiger partial charge in [-0.25, -0.2) is 0 Å². The van der Waals surface area contributed by atoms with Crippen molar-refractivity contribution < 1.29 is 13.0 Å². The Hall–Kier alpha value is -0.0900. The largest absolute Gasteiger partial charge is 0.297 e. The van der Waals surface area contributed by atoms with Crippen LogP contribution in [0.5, 0.6) is 0 Å². The molecular weight excluding hydrogens is 164 g/mol. The molecule has 0 N–H and O–H groups in total. The molecule has 0 aliphatic heterocycles. The van der Waals surface area contributed by atoms with E-state index in [-0.39, 0.29) is 0 Å². The van der Waals surface area contributed by atoms with E-state index < -0.39 is 15.4 Å². The summed E-state index contributed by atoms with van der Waals surface area (Å²) in [6, 6.07) is 0. The van der Waals surface area contributed by atoms with E-state index in [1.807, 2.05) is 13.8 Å². The summed E-state index contributed by atoms with van der Waals surface area (Å²) in [6.45, 7) is 3.77. The van der Waals surface area contributed by atoms with E-state index >= 15 is 0 Å². The summed E-state index contributed by atoms with van der Waals surface area (Å²) in [5.41, 5.74) is 0. The molecule has 4 heteroatoms. The quantitative estimate of drug-likeness (QED) is 0.645. The lowest BCUT2D eigenvalue weighted by molar-refractivity contribution is 0.393. The van der Waals surface area contributed by atoms with E-state index in [0.29, 0.717) is 12.8 Å². The molecule has 0 amide bonds. The molecule has 0 saturated heterocycles. The van der Waals surface area contributed by atoms with Crippen molar-refractivity contribution in [3.63, 3.8) is 0 Å². The van der Waals surface area contributed by atoms with E-state index in [2.05, 4.69) is 0 Å². The van der Waals surface area contributed by atoms with Gasteiger partial charge in [-0.05, 0) is 12.8 Å². The highest BCUT2D eigenvalue weighted by Crippen LogP contribution is 2.13. The molecule has 3 nitrogen and oxygen atoms in total. The van der Waals surface area contributed by atoms with E-state index in [1.54, 1.807) is 0 Å². The third kappa shape index (κ3) is 4.37. The lowest BCUT2D eigenvalue weighted by atomic mass is 10.2. The summed E-state index contributed by atoms with van der Waals surface area (Å²) in [4.78, 5) is 0. The minimum Gasteiger partial charge on any atom is -0.197 e. The fraction of sp³-hybridized carbons (Fsp3) is 1.00. The molecule has 67 valence electrons. The van der Waals surface area contributed by atoms with Crippen molar-refractivity contribution in [2.45, 2.75) is 44.8 Å². The molecular formula is C7H15O3S. The average molecular weight is 179 g/mol. The van der Waals surface area contributed by atoms with E-state index in [9.17, 15) is 13.0 Å². The molecule has 0 heterocycles. The van der Waals surface area contributed by atoms with Crippen molar-refractivity contribution in [2.75, 3.05) is 0 Å². The molecule has 0 atom stereocenters. The Balaban J connectivity index is 4.11. The van der Waals surface area contributed by atoms with Crippen LogP contribution in [0.1, 0.15) is 39.5 Å². The van der Waals surface area contributed by atoms with E-state index in [4.69, 9.17) is 0 Å². The molecule has 11 heavy (non-hydrogen) atoms. The Bertz CT molecular complexity index is 178. The molecule has 0 spiro atoms. The van der Waals surface area contributed by atoms with Crippen LogP contribution >= 0.6 is 0 Å². The zero-order valence-corrected chi connectivity index (χ0v) is 7.86. The van der Waals surface area contributed by atoms with Gasteiger partial charge in [0.2, 0.25) is 0 Å². The average Bonchev–Trinajstić information content (AvgIpc) is 1.85. The summed E-state index contributed by atoms with van der Waals surface area (Å²) in [7, 11) is -4.04. The molecule has 1 radical (unpaired) electrons. The topological polar surface area (TPSA) is 54.0 Å². The first-order valence-electron chi connectivity index (χ1n) is 3.97. The fourth-order valence-electron chi connectivity index (χ4n) is 1.08. The number of hydrogen-bond acceptors (Lipinski definition) is 2. The summed E-state index contributed by atoms with van der Waals surface area (Å²) in [5, 5.41) is -0.655. The Labute approximate surface area is 68.6 Å². The molecule has 0 aromatic rings. The van der Waals surface area contributed by atoms with Gasteiger partial charge < -0.3 is 0 Å². The summed E-state index contributed by atoms with van der Waals surface area (Å²) in [6.07, 6.45) is 2.51. The maximum absolute atomic E-state index is 10.6. The van der Waals surface area contributed by atoms with Crippen LogP contribution in [-0.2, 0) is 14.7 Å². The highest BCUT2D eigenvalue weighted by atomic mass is 32.2. The summed E-state index contributed by atoms with van der Waals surface area (Å²) < 4.78 is 31.7. The standard InChI is InChI=1S/C7H15O3S/c1-3-5-7(6-4-2)11(8,9)10/h7H,3-6H2,1-2H3. The van der Waals surface area contributed by atoms with Gasteiger partial charge in [0.05, 0.1) is 5.25 Å². The molecule has 0 aromatic carbocycles. The van der Waals surface area contributed by atoms with Gasteiger partial charge >= 0.3 is 0 Å². The van der Waals surface area contributed by atoms with Crippen LogP contribution in [0.15, 0.2) is 0 Å². The first-order valence-corrected chi connectivity index (χ1v) is 5.44. The second-order valence-corrected chi connectivity index (χ2v) is 4.34. The molecule has 0 unspecified atom stereocenters. The van der Waals surface area contributed by atoms with E-state index in [1.165, 1.54) is 0 Å². The first-order chi connectivity index (χ1) is 5.02.